The molecule has 0 spiro atoms. The van der Waals surface area contributed by atoms with Crippen molar-refractivity contribution in [2.24, 2.45) is 0 Å². The molecule has 0 aliphatic carbocycles. The predicted octanol–water partition coefficient (Wildman–Crippen LogP) is 2.67. The van der Waals surface area contributed by atoms with Crippen molar-refractivity contribution in [3.8, 4) is 5.75 Å². The third kappa shape index (κ3) is 4.33. The molecular formula is C18H21NO3S. The summed E-state index contributed by atoms with van der Waals surface area (Å²) >= 11 is 0. The van der Waals surface area contributed by atoms with Crippen molar-refractivity contribution >= 4 is 10.0 Å². The molecule has 0 aromatic heterocycles. The lowest BCUT2D eigenvalue weighted by Gasteiger charge is -2.15. The summed E-state index contributed by atoms with van der Waals surface area (Å²) in [6, 6.07) is 15.2. The second-order valence-corrected chi connectivity index (χ2v) is 7.76. The van der Waals surface area contributed by atoms with Gasteiger partial charge in [0, 0.05) is 12.5 Å². The molecule has 0 saturated heterocycles. The average molecular weight is 331 g/mol. The fourth-order valence-corrected chi connectivity index (χ4v) is 4.31. The van der Waals surface area contributed by atoms with Crippen LogP contribution in [0, 0.1) is 0 Å². The van der Waals surface area contributed by atoms with Crippen LogP contribution in [0.15, 0.2) is 48.5 Å². The highest BCUT2D eigenvalue weighted by Gasteiger charge is 2.17. The third-order valence-electron chi connectivity index (χ3n) is 3.88. The van der Waals surface area contributed by atoms with Crippen molar-refractivity contribution < 1.29 is 13.2 Å². The molecule has 0 bridgehead atoms. The molecule has 5 heteroatoms. The standard InChI is InChI=1S/C18H21NO3S/c1-14(11-16-7-8-18-17(12-16)9-10-22-18)19-23(20,21)13-15-5-3-2-4-6-15/h2-8,12,14,19H,9-11,13H2,1H3/t14-/m1/s1. The molecule has 1 atom stereocenters. The Morgan fingerprint density at radius 2 is 1.91 bits per heavy atom. The highest BCUT2D eigenvalue weighted by atomic mass is 32.2. The van der Waals surface area contributed by atoms with E-state index < -0.39 is 10.0 Å². The predicted molar refractivity (Wildman–Crippen MR) is 91.0 cm³/mol. The minimum Gasteiger partial charge on any atom is -0.493 e. The number of rotatable bonds is 6. The zero-order valence-corrected chi connectivity index (χ0v) is 14.0. The number of sulfonamides is 1. The molecule has 23 heavy (non-hydrogen) atoms. The molecule has 0 saturated carbocycles. The van der Waals surface area contributed by atoms with Gasteiger partial charge in [-0.1, -0.05) is 42.5 Å². The van der Waals surface area contributed by atoms with Gasteiger partial charge in [0.15, 0.2) is 0 Å². The van der Waals surface area contributed by atoms with E-state index in [-0.39, 0.29) is 11.8 Å². The van der Waals surface area contributed by atoms with E-state index in [0.717, 1.165) is 29.9 Å². The number of ether oxygens (including phenoxy) is 1. The van der Waals surface area contributed by atoms with E-state index in [4.69, 9.17) is 4.74 Å². The van der Waals surface area contributed by atoms with Crippen molar-refractivity contribution in [3.63, 3.8) is 0 Å². The molecule has 122 valence electrons. The van der Waals surface area contributed by atoms with Crippen LogP contribution in [-0.2, 0) is 28.6 Å². The van der Waals surface area contributed by atoms with Gasteiger partial charge < -0.3 is 4.74 Å². The maximum atomic E-state index is 12.3. The minimum atomic E-state index is -3.34. The number of hydrogen-bond donors (Lipinski definition) is 1. The molecule has 1 aliphatic rings. The van der Waals surface area contributed by atoms with E-state index in [1.54, 1.807) is 0 Å². The topological polar surface area (TPSA) is 55.4 Å². The molecule has 1 heterocycles. The Balaban J connectivity index is 1.61. The van der Waals surface area contributed by atoms with Crippen LogP contribution in [-0.4, -0.2) is 21.1 Å². The summed E-state index contributed by atoms with van der Waals surface area (Å²) in [7, 11) is -3.34. The van der Waals surface area contributed by atoms with Crippen molar-refractivity contribution in [2.45, 2.75) is 31.6 Å². The first-order valence-corrected chi connectivity index (χ1v) is 9.45. The van der Waals surface area contributed by atoms with Gasteiger partial charge in [0.1, 0.15) is 5.75 Å². The second kappa shape index (κ2) is 6.72. The van der Waals surface area contributed by atoms with Crippen LogP contribution in [0.2, 0.25) is 0 Å². The van der Waals surface area contributed by atoms with E-state index >= 15 is 0 Å². The summed E-state index contributed by atoms with van der Waals surface area (Å²) in [5.74, 6) is 0.960. The Morgan fingerprint density at radius 1 is 1.13 bits per heavy atom. The van der Waals surface area contributed by atoms with Crippen molar-refractivity contribution in [1.29, 1.82) is 0 Å². The maximum absolute atomic E-state index is 12.3. The molecule has 1 aliphatic heterocycles. The molecular weight excluding hydrogens is 310 g/mol. The summed E-state index contributed by atoms with van der Waals surface area (Å²) in [6.07, 6.45) is 1.60. The monoisotopic (exact) mass is 331 g/mol. The number of fused-ring (bicyclic) bond motifs is 1. The highest BCUT2D eigenvalue weighted by molar-refractivity contribution is 7.88. The molecule has 0 radical (unpaired) electrons. The Kier molecular flexibility index (Phi) is 4.68. The minimum absolute atomic E-state index is 0.0101. The molecule has 3 rings (SSSR count). The molecule has 2 aromatic carbocycles. The summed E-state index contributed by atoms with van der Waals surface area (Å²) < 4.78 is 32.8. The fourth-order valence-electron chi connectivity index (χ4n) is 2.90. The number of benzene rings is 2. The quantitative estimate of drug-likeness (QED) is 0.885. The van der Waals surface area contributed by atoms with Gasteiger partial charge >= 0.3 is 0 Å². The van der Waals surface area contributed by atoms with Gasteiger partial charge in [-0.05, 0) is 36.1 Å². The largest absolute Gasteiger partial charge is 0.493 e. The molecule has 0 unspecified atom stereocenters. The van der Waals surface area contributed by atoms with Crippen LogP contribution < -0.4 is 9.46 Å². The van der Waals surface area contributed by atoms with Gasteiger partial charge in [0.25, 0.3) is 0 Å². The molecule has 1 N–H and O–H groups in total. The van der Waals surface area contributed by atoms with E-state index in [1.165, 1.54) is 5.56 Å². The van der Waals surface area contributed by atoms with Crippen LogP contribution in [0.5, 0.6) is 5.75 Å². The van der Waals surface area contributed by atoms with E-state index in [9.17, 15) is 8.42 Å². The van der Waals surface area contributed by atoms with Gasteiger partial charge in [-0.25, -0.2) is 13.1 Å². The van der Waals surface area contributed by atoms with Crippen LogP contribution in [0.1, 0.15) is 23.6 Å². The normalized spacial score (nSPS) is 15.0. The average Bonchev–Trinajstić information content (AvgIpc) is 2.94. The third-order valence-corrected chi connectivity index (χ3v) is 5.35. The summed E-state index contributed by atoms with van der Waals surface area (Å²) in [5.41, 5.74) is 3.13. The van der Waals surface area contributed by atoms with Crippen molar-refractivity contribution in [2.75, 3.05) is 6.61 Å². The summed E-state index contributed by atoms with van der Waals surface area (Å²) in [5, 5.41) is 0. The van der Waals surface area contributed by atoms with Crippen molar-refractivity contribution in [1.82, 2.24) is 4.72 Å². The Labute approximate surface area is 137 Å². The fraction of sp³-hybridized carbons (Fsp3) is 0.333. The van der Waals surface area contributed by atoms with E-state index in [0.29, 0.717) is 6.42 Å². The van der Waals surface area contributed by atoms with Gasteiger partial charge in [0.05, 0.1) is 12.4 Å². The Hall–Kier alpha value is -1.85. The first kappa shape index (κ1) is 16.0. The van der Waals surface area contributed by atoms with Crippen LogP contribution in [0.25, 0.3) is 0 Å². The first-order valence-electron chi connectivity index (χ1n) is 7.80. The van der Waals surface area contributed by atoms with Crippen LogP contribution >= 0.6 is 0 Å². The summed E-state index contributed by atoms with van der Waals surface area (Å²) in [6.45, 7) is 2.63. The highest BCUT2D eigenvalue weighted by Crippen LogP contribution is 2.26. The van der Waals surface area contributed by atoms with E-state index in [2.05, 4.69) is 10.8 Å². The van der Waals surface area contributed by atoms with Crippen molar-refractivity contribution in [3.05, 3.63) is 65.2 Å². The van der Waals surface area contributed by atoms with Gasteiger partial charge in [-0.3, -0.25) is 0 Å². The second-order valence-electron chi connectivity index (χ2n) is 6.01. The number of hydrogen-bond acceptors (Lipinski definition) is 3. The number of nitrogens with one attached hydrogen (secondary N) is 1. The lowest BCUT2D eigenvalue weighted by molar-refractivity contribution is 0.357. The lowest BCUT2D eigenvalue weighted by Crippen LogP contribution is -2.35. The Bertz CT molecular complexity index is 772. The zero-order chi connectivity index (χ0) is 16.3. The molecule has 0 fully saturated rings. The molecule has 2 aromatic rings. The zero-order valence-electron chi connectivity index (χ0n) is 13.2. The Morgan fingerprint density at radius 3 is 2.70 bits per heavy atom. The first-order chi connectivity index (χ1) is 11.0. The van der Waals surface area contributed by atoms with Gasteiger partial charge in [0.2, 0.25) is 10.0 Å². The van der Waals surface area contributed by atoms with Crippen LogP contribution in [0.4, 0.5) is 0 Å². The molecule has 4 nitrogen and oxygen atoms in total. The van der Waals surface area contributed by atoms with Gasteiger partial charge in [-0.15, -0.1) is 0 Å². The SMILES string of the molecule is C[C@H](Cc1ccc2c(c1)CCO2)NS(=O)(=O)Cc1ccccc1. The smallest absolute Gasteiger partial charge is 0.216 e. The summed E-state index contributed by atoms with van der Waals surface area (Å²) in [4.78, 5) is 0. The molecule has 0 amide bonds. The lowest BCUT2D eigenvalue weighted by atomic mass is 10.0. The van der Waals surface area contributed by atoms with E-state index in [1.807, 2.05) is 49.4 Å². The maximum Gasteiger partial charge on any atom is 0.216 e. The van der Waals surface area contributed by atoms with Gasteiger partial charge in [-0.2, -0.15) is 0 Å². The van der Waals surface area contributed by atoms with Crippen LogP contribution in [0.3, 0.4) is 0 Å².